The van der Waals surface area contributed by atoms with E-state index in [0.717, 1.165) is 11.3 Å². The van der Waals surface area contributed by atoms with Crippen molar-refractivity contribution in [1.29, 1.82) is 0 Å². The maximum absolute atomic E-state index is 13.4. The lowest BCUT2D eigenvalue weighted by Gasteiger charge is -2.07. The van der Waals surface area contributed by atoms with Crippen molar-refractivity contribution in [1.82, 2.24) is 15.1 Å². The molecule has 0 radical (unpaired) electrons. The molecule has 4 rings (SSSR count). The Labute approximate surface area is 195 Å². The Morgan fingerprint density at radius 1 is 0.912 bits per heavy atom. The van der Waals surface area contributed by atoms with Crippen molar-refractivity contribution >= 4 is 29.4 Å². The van der Waals surface area contributed by atoms with Gasteiger partial charge in [0.1, 0.15) is 5.82 Å². The predicted molar refractivity (Wildman–Crippen MR) is 131 cm³/mol. The summed E-state index contributed by atoms with van der Waals surface area (Å²) >= 11 is 0. The third-order valence-electron chi connectivity index (χ3n) is 4.91. The van der Waals surface area contributed by atoms with Crippen LogP contribution in [0.4, 0.5) is 20.6 Å². The summed E-state index contributed by atoms with van der Waals surface area (Å²) in [6, 6.07) is 22.1. The van der Waals surface area contributed by atoms with Crippen LogP contribution in [-0.2, 0) is 4.79 Å². The number of halogens is 1. The molecule has 0 aliphatic rings. The number of aromatic nitrogens is 2. The van der Waals surface area contributed by atoms with E-state index in [9.17, 15) is 14.0 Å². The van der Waals surface area contributed by atoms with Gasteiger partial charge < -0.3 is 16.0 Å². The highest BCUT2D eigenvalue weighted by molar-refractivity contribution is 6.03. The fourth-order valence-electron chi connectivity index (χ4n) is 3.27. The van der Waals surface area contributed by atoms with Crippen molar-refractivity contribution in [2.45, 2.75) is 0 Å². The summed E-state index contributed by atoms with van der Waals surface area (Å²) in [6.07, 6.45) is 4.87. The quantitative estimate of drug-likeness (QED) is 0.354. The van der Waals surface area contributed by atoms with Crippen molar-refractivity contribution in [3.05, 3.63) is 103 Å². The summed E-state index contributed by atoms with van der Waals surface area (Å²) in [6.45, 7) is 0. The summed E-state index contributed by atoms with van der Waals surface area (Å²) in [5, 5.41) is 12.6. The zero-order valence-electron chi connectivity index (χ0n) is 18.3. The number of benzene rings is 3. The molecule has 0 fully saturated rings. The summed E-state index contributed by atoms with van der Waals surface area (Å²) in [5.74, 6) is -0.689. The molecule has 3 aromatic carbocycles. The van der Waals surface area contributed by atoms with E-state index in [-0.39, 0.29) is 17.8 Å². The molecule has 34 heavy (non-hydrogen) atoms. The minimum atomic E-state index is -0.355. The Morgan fingerprint density at radius 3 is 2.32 bits per heavy atom. The molecule has 170 valence electrons. The van der Waals surface area contributed by atoms with Crippen LogP contribution in [0.1, 0.15) is 5.56 Å². The first-order valence-electron chi connectivity index (χ1n) is 10.5. The van der Waals surface area contributed by atoms with Crippen LogP contribution in [0.5, 0.6) is 0 Å². The molecule has 3 amide bonds. The normalized spacial score (nSPS) is 10.8. The lowest BCUT2D eigenvalue weighted by Crippen LogP contribution is -2.24. The number of para-hydroxylation sites is 1. The second-order valence-electron chi connectivity index (χ2n) is 7.33. The number of nitrogens with one attached hydrogen (secondary N) is 3. The monoisotopic (exact) mass is 455 g/mol. The molecular formula is C26H22FN5O2. The largest absolute Gasteiger partial charge is 0.341 e. The van der Waals surface area contributed by atoms with Gasteiger partial charge in [0.15, 0.2) is 0 Å². The summed E-state index contributed by atoms with van der Waals surface area (Å²) < 4.78 is 15.1. The van der Waals surface area contributed by atoms with Gasteiger partial charge in [-0.25, -0.2) is 13.9 Å². The van der Waals surface area contributed by atoms with E-state index < -0.39 is 0 Å². The minimum absolute atomic E-state index is 0.337. The average molecular weight is 455 g/mol. The molecule has 0 unspecified atom stereocenters. The van der Waals surface area contributed by atoms with E-state index in [1.807, 2.05) is 36.5 Å². The Bertz CT molecular complexity index is 1330. The van der Waals surface area contributed by atoms with Crippen molar-refractivity contribution in [3.63, 3.8) is 0 Å². The lowest BCUT2D eigenvalue weighted by atomic mass is 10.1. The number of carbonyl (C=O) groups is 2. The SMILES string of the molecule is CNC(=O)Nc1cccc(NC(=O)/C=C/c2cn(-c3ccccc3)nc2-c2ccc(F)cc2)c1. The van der Waals surface area contributed by atoms with Gasteiger partial charge in [0, 0.05) is 41.8 Å². The standard InChI is InChI=1S/C26H22FN5O2/c1-28-26(34)30-22-7-5-6-21(16-22)29-24(33)15-12-19-17-32(23-8-3-2-4-9-23)31-25(19)18-10-13-20(27)14-11-18/h2-17H,1H3,(H,29,33)(H2,28,30,34)/b15-12+. The second-order valence-corrected chi connectivity index (χ2v) is 7.33. The van der Waals surface area contributed by atoms with E-state index in [2.05, 4.69) is 21.0 Å². The smallest absolute Gasteiger partial charge is 0.318 e. The van der Waals surface area contributed by atoms with Gasteiger partial charge in [-0.1, -0.05) is 24.3 Å². The third kappa shape index (κ3) is 5.55. The predicted octanol–water partition coefficient (Wildman–Crippen LogP) is 5.08. The molecule has 0 saturated carbocycles. The molecule has 0 saturated heterocycles. The molecule has 3 N–H and O–H groups in total. The topological polar surface area (TPSA) is 88.0 Å². The maximum Gasteiger partial charge on any atom is 0.318 e. The Balaban J connectivity index is 1.57. The van der Waals surface area contributed by atoms with E-state index in [1.165, 1.54) is 25.3 Å². The van der Waals surface area contributed by atoms with Crippen molar-refractivity contribution in [2.24, 2.45) is 0 Å². The molecule has 4 aromatic rings. The number of amides is 3. The fourth-order valence-corrected chi connectivity index (χ4v) is 3.27. The molecule has 1 aromatic heterocycles. The van der Waals surface area contributed by atoms with Gasteiger partial charge in [-0.05, 0) is 60.7 Å². The van der Waals surface area contributed by atoms with E-state index in [0.29, 0.717) is 22.6 Å². The molecule has 7 nitrogen and oxygen atoms in total. The molecule has 1 heterocycles. The Morgan fingerprint density at radius 2 is 1.62 bits per heavy atom. The van der Waals surface area contributed by atoms with Crippen LogP contribution in [0, 0.1) is 5.82 Å². The molecular weight excluding hydrogens is 433 g/mol. The summed E-state index contributed by atoms with van der Waals surface area (Å²) in [4.78, 5) is 24.1. The van der Waals surface area contributed by atoms with Gasteiger partial charge in [0.25, 0.3) is 0 Å². The zero-order valence-corrected chi connectivity index (χ0v) is 18.3. The molecule has 0 spiro atoms. The average Bonchev–Trinajstić information content (AvgIpc) is 3.28. The zero-order chi connectivity index (χ0) is 23.9. The molecule has 0 bridgehead atoms. The fraction of sp³-hybridized carbons (Fsp3) is 0.0385. The minimum Gasteiger partial charge on any atom is -0.341 e. The number of nitrogens with zero attached hydrogens (tertiary/aromatic N) is 2. The van der Waals surface area contributed by atoms with Crippen LogP contribution in [0.3, 0.4) is 0 Å². The number of hydrogen-bond donors (Lipinski definition) is 3. The van der Waals surface area contributed by atoms with Crippen molar-refractivity contribution in [2.75, 3.05) is 17.7 Å². The highest BCUT2D eigenvalue weighted by Crippen LogP contribution is 2.25. The van der Waals surface area contributed by atoms with E-state index >= 15 is 0 Å². The molecule has 8 heteroatoms. The number of urea groups is 1. The number of hydrogen-bond acceptors (Lipinski definition) is 3. The summed E-state index contributed by atoms with van der Waals surface area (Å²) in [5.41, 5.74) is 3.97. The van der Waals surface area contributed by atoms with Gasteiger partial charge in [-0.3, -0.25) is 4.79 Å². The number of carbonyl (C=O) groups excluding carboxylic acids is 2. The molecule has 0 aliphatic carbocycles. The van der Waals surface area contributed by atoms with E-state index in [4.69, 9.17) is 0 Å². The van der Waals surface area contributed by atoms with Crippen LogP contribution in [0.15, 0.2) is 91.1 Å². The van der Waals surface area contributed by atoms with E-state index in [1.54, 1.807) is 47.2 Å². The van der Waals surface area contributed by atoms with Crippen LogP contribution in [0.2, 0.25) is 0 Å². The van der Waals surface area contributed by atoms with Crippen LogP contribution >= 0.6 is 0 Å². The first-order chi connectivity index (χ1) is 16.5. The highest BCUT2D eigenvalue weighted by Gasteiger charge is 2.11. The highest BCUT2D eigenvalue weighted by atomic mass is 19.1. The molecule has 0 aliphatic heterocycles. The van der Waals surface area contributed by atoms with Crippen LogP contribution in [-0.4, -0.2) is 28.8 Å². The first-order valence-corrected chi connectivity index (χ1v) is 10.5. The van der Waals surface area contributed by atoms with Crippen LogP contribution < -0.4 is 16.0 Å². The first kappa shape index (κ1) is 22.5. The van der Waals surface area contributed by atoms with Gasteiger partial charge in [-0.2, -0.15) is 5.10 Å². The lowest BCUT2D eigenvalue weighted by molar-refractivity contribution is -0.111. The third-order valence-corrected chi connectivity index (χ3v) is 4.91. The summed E-state index contributed by atoms with van der Waals surface area (Å²) in [7, 11) is 1.52. The van der Waals surface area contributed by atoms with Crippen LogP contribution in [0.25, 0.3) is 23.0 Å². The van der Waals surface area contributed by atoms with Crippen molar-refractivity contribution < 1.29 is 14.0 Å². The number of rotatable bonds is 6. The van der Waals surface area contributed by atoms with Crippen molar-refractivity contribution in [3.8, 4) is 16.9 Å². The second kappa shape index (κ2) is 10.3. The van der Waals surface area contributed by atoms with Gasteiger partial charge in [0.05, 0.1) is 11.4 Å². The molecule has 0 atom stereocenters. The van der Waals surface area contributed by atoms with Gasteiger partial charge >= 0.3 is 6.03 Å². The Kier molecular flexibility index (Phi) is 6.78. The Hall–Kier alpha value is -4.72. The van der Waals surface area contributed by atoms with Gasteiger partial charge in [-0.15, -0.1) is 0 Å². The maximum atomic E-state index is 13.4. The van der Waals surface area contributed by atoms with Gasteiger partial charge in [0.2, 0.25) is 5.91 Å². The number of anilines is 2.